The molecule has 4 aromatic carbocycles. The van der Waals surface area contributed by atoms with Crippen LogP contribution in [0.1, 0.15) is 109 Å². The lowest BCUT2D eigenvalue weighted by Gasteiger charge is -2.27. The molecule has 0 bridgehead atoms. The van der Waals surface area contributed by atoms with E-state index in [9.17, 15) is 34.5 Å². The number of anilines is 1. The molecule has 1 atom stereocenters. The number of unbranched alkanes of at least 4 members (excludes halogenated alkanes) is 2. The summed E-state index contributed by atoms with van der Waals surface area (Å²) in [4.78, 5) is 68.7. The molecule has 1 saturated heterocycles. The van der Waals surface area contributed by atoms with Crippen LogP contribution in [0, 0.1) is 17.3 Å². The number of carbonyl (C=O) groups excluding carboxylic acids is 5. The maximum atomic E-state index is 13.1. The number of carbonyl (C=O) groups is 5. The van der Waals surface area contributed by atoms with Gasteiger partial charge in [0.25, 0.3) is 11.8 Å². The van der Waals surface area contributed by atoms with Crippen LogP contribution in [0.5, 0.6) is 0 Å². The quantitative estimate of drug-likeness (QED) is 0.0409. The van der Waals surface area contributed by atoms with Crippen molar-refractivity contribution >= 4 is 46.3 Å². The van der Waals surface area contributed by atoms with E-state index in [0.717, 1.165) is 75.1 Å². The molecule has 14 nitrogen and oxygen atoms in total. The van der Waals surface area contributed by atoms with Crippen molar-refractivity contribution in [2.75, 3.05) is 18.4 Å². The second-order valence-electron chi connectivity index (χ2n) is 17.8. The van der Waals surface area contributed by atoms with Crippen LogP contribution in [-0.4, -0.2) is 78.9 Å². The maximum Gasteiger partial charge on any atom is 0.262 e. The number of imide groups is 2. The van der Waals surface area contributed by atoms with Gasteiger partial charge in [-0.05, 0) is 98.4 Å². The molecular formula is C54H54N8O6. The summed E-state index contributed by atoms with van der Waals surface area (Å²) in [7, 11) is 0. The predicted molar refractivity (Wildman–Crippen MR) is 258 cm³/mol. The van der Waals surface area contributed by atoms with Crippen LogP contribution in [-0.2, 0) is 20.9 Å². The summed E-state index contributed by atoms with van der Waals surface area (Å²) >= 11 is 0. The van der Waals surface area contributed by atoms with E-state index in [0.29, 0.717) is 62.9 Å². The van der Waals surface area contributed by atoms with Gasteiger partial charge in [-0.15, -0.1) is 0 Å². The SMILES string of the molecule is N=c1c2c(-c3ccccc3)c(-c3ccccc3)n(Cc3cccc(C#CCCCCNC(=O)CCCNc4ccc5c(c4)C(=O)N(C4CCC(=O)NC4=O)C5=O)c3)c2ncn1C1CCC(O)CC1. The fourth-order valence-corrected chi connectivity index (χ4v) is 9.63. The summed E-state index contributed by atoms with van der Waals surface area (Å²) in [5.41, 5.74) is 8.22. The monoisotopic (exact) mass is 910 g/mol. The zero-order valence-corrected chi connectivity index (χ0v) is 37.8. The Labute approximate surface area is 394 Å². The Morgan fingerprint density at radius 2 is 1.56 bits per heavy atom. The van der Waals surface area contributed by atoms with E-state index >= 15 is 0 Å². The molecule has 1 unspecified atom stereocenters. The normalized spacial score (nSPS) is 18.0. The Kier molecular flexibility index (Phi) is 13.7. The third-order valence-corrected chi connectivity index (χ3v) is 13.1. The molecule has 1 saturated carbocycles. The summed E-state index contributed by atoms with van der Waals surface area (Å²) in [6.45, 7) is 1.55. The first-order valence-corrected chi connectivity index (χ1v) is 23.6. The number of nitrogens with zero attached hydrogens (tertiary/aromatic N) is 4. The van der Waals surface area contributed by atoms with Crippen molar-refractivity contribution in [2.45, 2.75) is 95.4 Å². The molecule has 3 aliphatic rings. The largest absolute Gasteiger partial charge is 0.393 e. The van der Waals surface area contributed by atoms with Crippen molar-refractivity contribution < 1.29 is 29.1 Å². The fourth-order valence-electron chi connectivity index (χ4n) is 9.63. The minimum atomic E-state index is -1.02. The van der Waals surface area contributed by atoms with Gasteiger partial charge in [0.2, 0.25) is 17.7 Å². The Hall–Kier alpha value is -7.63. The number of hydrogen-bond donors (Lipinski definition) is 5. The van der Waals surface area contributed by atoms with Crippen molar-refractivity contribution in [1.29, 1.82) is 5.41 Å². The van der Waals surface area contributed by atoms with Gasteiger partial charge in [0.05, 0.1) is 34.6 Å². The van der Waals surface area contributed by atoms with Crippen LogP contribution in [0.3, 0.4) is 0 Å². The standard InChI is InChI=1S/C54H54N8O6/c55-50-48-47(37-16-6-3-7-17-37)49(38-18-8-4-9-19-38)60(51(48)58-34-61(50)40-22-24-41(63)25-23-40)33-36-15-11-14-35(31-36)13-5-1-2-10-29-57-45(64)20-12-30-56-39-21-26-42-43(32-39)54(68)62(53(42)67)44-27-28-46(65)59-52(44)66/h3-4,6-9,11,14-19,21,26,31-32,34,40-41,44,55-56,63H,1-2,10,12,20,22-25,27-30,33H2,(H,57,64)(H,59,65,66). The average molecular weight is 911 g/mol. The number of aliphatic hydroxyl groups is 1. The van der Waals surface area contributed by atoms with Gasteiger partial charge in [0.15, 0.2) is 0 Å². The summed E-state index contributed by atoms with van der Waals surface area (Å²) < 4.78 is 4.24. The highest BCUT2D eigenvalue weighted by Crippen LogP contribution is 2.40. The molecule has 5 N–H and O–H groups in total. The van der Waals surface area contributed by atoms with Crippen LogP contribution < -0.4 is 21.4 Å². The fraction of sp³-hybridized carbons (Fsp3) is 0.315. The Morgan fingerprint density at radius 3 is 2.32 bits per heavy atom. The van der Waals surface area contributed by atoms with E-state index < -0.39 is 29.7 Å². The third-order valence-electron chi connectivity index (χ3n) is 13.1. The molecule has 1 aliphatic carbocycles. The van der Waals surface area contributed by atoms with E-state index in [1.807, 2.05) is 59.4 Å². The first-order chi connectivity index (χ1) is 33.1. The number of benzene rings is 4. The number of aliphatic hydroxyl groups excluding tert-OH is 1. The first-order valence-electron chi connectivity index (χ1n) is 23.6. The van der Waals surface area contributed by atoms with Crippen LogP contribution >= 0.6 is 0 Å². The first kappa shape index (κ1) is 45.5. The lowest BCUT2D eigenvalue weighted by molar-refractivity contribution is -0.136. The van der Waals surface area contributed by atoms with E-state index in [1.54, 1.807) is 18.2 Å². The highest BCUT2D eigenvalue weighted by atomic mass is 16.3. The molecule has 0 radical (unpaired) electrons. The molecule has 346 valence electrons. The maximum absolute atomic E-state index is 13.1. The number of hydrogen-bond acceptors (Lipinski definition) is 9. The van der Waals surface area contributed by atoms with Crippen LogP contribution in [0.2, 0.25) is 0 Å². The van der Waals surface area contributed by atoms with Gasteiger partial charge >= 0.3 is 0 Å². The molecule has 5 amide bonds. The lowest BCUT2D eigenvalue weighted by Crippen LogP contribution is -2.54. The topological polar surface area (TPSA) is 192 Å². The molecule has 68 heavy (non-hydrogen) atoms. The molecule has 2 aromatic heterocycles. The van der Waals surface area contributed by atoms with Gasteiger partial charge in [-0.25, -0.2) is 4.98 Å². The van der Waals surface area contributed by atoms with Gasteiger partial charge in [-0.1, -0.05) is 84.6 Å². The molecule has 0 spiro atoms. The molecule has 9 rings (SSSR count). The molecule has 14 heteroatoms. The summed E-state index contributed by atoms with van der Waals surface area (Å²) in [6, 6.07) is 32.8. The van der Waals surface area contributed by atoms with Crippen molar-refractivity contribution in [1.82, 2.24) is 29.7 Å². The Bertz CT molecular complexity index is 3020. The Morgan fingerprint density at radius 1 is 0.809 bits per heavy atom. The highest BCUT2D eigenvalue weighted by molar-refractivity contribution is 6.23. The molecular weight excluding hydrogens is 857 g/mol. The number of nitrogens with one attached hydrogen (secondary N) is 4. The summed E-state index contributed by atoms with van der Waals surface area (Å²) in [5, 5.41) is 29.1. The zero-order valence-electron chi connectivity index (χ0n) is 37.8. The smallest absolute Gasteiger partial charge is 0.262 e. The van der Waals surface area contributed by atoms with Crippen LogP contribution in [0.4, 0.5) is 5.69 Å². The van der Waals surface area contributed by atoms with E-state index in [1.165, 1.54) is 0 Å². The number of amides is 5. The molecule has 2 fully saturated rings. The number of rotatable bonds is 15. The van der Waals surface area contributed by atoms with E-state index in [4.69, 9.17) is 4.98 Å². The van der Waals surface area contributed by atoms with Crippen molar-refractivity contribution in [3.63, 3.8) is 0 Å². The molecule has 6 aromatic rings. The summed E-state index contributed by atoms with van der Waals surface area (Å²) in [6.07, 6.45) is 7.89. The van der Waals surface area contributed by atoms with Gasteiger partial charge < -0.3 is 24.9 Å². The van der Waals surface area contributed by atoms with Crippen molar-refractivity contribution in [2.24, 2.45) is 0 Å². The second kappa shape index (κ2) is 20.5. The van der Waals surface area contributed by atoms with E-state index in [2.05, 4.69) is 68.8 Å². The van der Waals surface area contributed by atoms with Gasteiger partial charge in [0.1, 0.15) is 17.2 Å². The summed E-state index contributed by atoms with van der Waals surface area (Å²) in [5.74, 6) is 4.42. The highest BCUT2D eigenvalue weighted by Gasteiger charge is 2.44. The van der Waals surface area contributed by atoms with Crippen molar-refractivity contribution in [3.8, 4) is 34.2 Å². The molecule has 2 aliphatic heterocycles. The third kappa shape index (κ3) is 9.75. The zero-order chi connectivity index (χ0) is 47.1. The molecule has 4 heterocycles. The minimum absolute atomic E-state index is 0.0515. The van der Waals surface area contributed by atoms with Gasteiger partial charge in [-0.3, -0.25) is 39.6 Å². The number of piperidine rings is 1. The second-order valence-corrected chi connectivity index (χ2v) is 17.8. The number of fused-ring (bicyclic) bond motifs is 2. The van der Waals surface area contributed by atoms with E-state index in [-0.39, 0.29) is 42.0 Å². The van der Waals surface area contributed by atoms with Crippen molar-refractivity contribution in [3.05, 3.63) is 137 Å². The van der Waals surface area contributed by atoms with Gasteiger partial charge in [-0.2, -0.15) is 0 Å². The average Bonchev–Trinajstić information content (AvgIpc) is 3.81. The lowest BCUT2D eigenvalue weighted by atomic mass is 9.93. The van der Waals surface area contributed by atoms with Gasteiger partial charge in [0, 0.05) is 61.8 Å². The van der Waals surface area contributed by atoms with Crippen LogP contribution in [0.15, 0.2) is 109 Å². The minimum Gasteiger partial charge on any atom is -0.393 e. The predicted octanol–water partition coefficient (Wildman–Crippen LogP) is 7.11. The number of aromatic nitrogens is 3. The Balaban J connectivity index is 0.785. The van der Waals surface area contributed by atoms with Crippen LogP contribution in [0.25, 0.3) is 33.4 Å².